The monoisotopic (exact) mass is 362 g/mol. The molecule has 0 spiro atoms. The van der Waals surface area contributed by atoms with Gasteiger partial charge in [-0.1, -0.05) is 35.9 Å². The van der Waals surface area contributed by atoms with Gasteiger partial charge < -0.3 is 20.1 Å². The minimum Gasteiger partial charge on any atom is -0.507 e. The highest BCUT2D eigenvalue weighted by molar-refractivity contribution is 6.05. The summed E-state index contributed by atoms with van der Waals surface area (Å²) in [6, 6.07) is 11.7. The van der Waals surface area contributed by atoms with Crippen molar-refractivity contribution < 1.29 is 15.0 Å². The Balaban J connectivity index is 1.85. The quantitative estimate of drug-likeness (QED) is 0.660. The second kappa shape index (κ2) is 6.93. The molecule has 2 heterocycles. The number of carbonyl (C=O) groups is 1. The second-order valence-electron chi connectivity index (χ2n) is 7.03. The molecule has 4 rings (SSSR count). The van der Waals surface area contributed by atoms with Gasteiger partial charge in [0.25, 0.3) is 0 Å². The first-order valence-corrected chi connectivity index (χ1v) is 9.08. The van der Waals surface area contributed by atoms with Crippen LogP contribution in [0.25, 0.3) is 16.5 Å². The van der Waals surface area contributed by atoms with Crippen molar-refractivity contribution in [2.45, 2.75) is 19.9 Å². The van der Waals surface area contributed by atoms with Crippen molar-refractivity contribution in [3.05, 3.63) is 70.9 Å². The molecule has 0 amide bonds. The van der Waals surface area contributed by atoms with E-state index in [1.165, 1.54) is 5.56 Å². The molecule has 138 valence electrons. The fourth-order valence-electron chi connectivity index (χ4n) is 3.64. The van der Waals surface area contributed by atoms with E-state index >= 15 is 0 Å². The number of hydrogen-bond acceptors (Lipinski definition) is 3. The van der Waals surface area contributed by atoms with Crippen LogP contribution in [0, 0.1) is 6.92 Å². The third-order valence-electron chi connectivity index (χ3n) is 5.11. The predicted octanol–water partition coefficient (Wildman–Crippen LogP) is 3.78. The van der Waals surface area contributed by atoms with Crippen LogP contribution in [0.3, 0.4) is 0 Å². The van der Waals surface area contributed by atoms with Crippen LogP contribution in [0.5, 0.6) is 5.75 Å². The Bertz CT molecular complexity index is 1050. The van der Waals surface area contributed by atoms with E-state index in [2.05, 4.69) is 35.7 Å². The zero-order valence-electron chi connectivity index (χ0n) is 15.2. The average Bonchev–Trinajstić information content (AvgIpc) is 3.01. The molecule has 0 saturated heterocycles. The Hall–Kier alpha value is -3.05. The zero-order valence-corrected chi connectivity index (χ0v) is 15.2. The summed E-state index contributed by atoms with van der Waals surface area (Å²) in [7, 11) is 0. The van der Waals surface area contributed by atoms with E-state index in [-0.39, 0.29) is 11.3 Å². The molecule has 0 fully saturated rings. The molecule has 27 heavy (non-hydrogen) atoms. The maximum absolute atomic E-state index is 11.7. The molecular formula is C22H22N2O3. The first-order chi connectivity index (χ1) is 13.0. The fraction of sp³-hybridized carbons (Fsp3) is 0.227. The molecule has 0 unspecified atom stereocenters. The van der Waals surface area contributed by atoms with E-state index in [1.54, 1.807) is 12.3 Å². The van der Waals surface area contributed by atoms with Crippen molar-refractivity contribution in [2.24, 2.45) is 0 Å². The number of fused-ring (bicyclic) bond motifs is 1. The number of phenolic OH excluding ortho intramolecular Hbond substituents is 1. The lowest BCUT2D eigenvalue weighted by Crippen LogP contribution is -2.20. The van der Waals surface area contributed by atoms with E-state index in [0.29, 0.717) is 11.9 Å². The van der Waals surface area contributed by atoms with Gasteiger partial charge in [0.2, 0.25) is 0 Å². The van der Waals surface area contributed by atoms with Crippen LogP contribution in [-0.2, 0) is 6.54 Å². The summed E-state index contributed by atoms with van der Waals surface area (Å²) in [5, 5.41) is 24.0. The number of nitrogens with zero attached hydrogens (tertiary/aromatic N) is 1. The summed E-state index contributed by atoms with van der Waals surface area (Å²) in [5.74, 6) is -0.859. The van der Waals surface area contributed by atoms with Gasteiger partial charge in [-0.2, -0.15) is 0 Å². The molecule has 1 aliphatic rings. The number of aromatic carboxylic acids is 1. The molecule has 0 bridgehead atoms. The van der Waals surface area contributed by atoms with Gasteiger partial charge in [0.05, 0.1) is 11.1 Å². The first-order valence-electron chi connectivity index (χ1n) is 9.08. The number of aromatic nitrogens is 1. The third-order valence-corrected chi connectivity index (χ3v) is 5.11. The van der Waals surface area contributed by atoms with Crippen LogP contribution in [0.1, 0.15) is 33.5 Å². The van der Waals surface area contributed by atoms with Crippen LogP contribution in [0.2, 0.25) is 0 Å². The van der Waals surface area contributed by atoms with E-state index in [4.69, 9.17) is 0 Å². The van der Waals surface area contributed by atoms with Crippen LogP contribution in [0.4, 0.5) is 0 Å². The number of aromatic hydroxyl groups is 1. The summed E-state index contributed by atoms with van der Waals surface area (Å²) in [6.07, 6.45) is 4.58. The van der Waals surface area contributed by atoms with E-state index in [1.807, 2.05) is 17.6 Å². The summed E-state index contributed by atoms with van der Waals surface area (Å²) < 4.78 is 1.95. The van der Waals surface area contributed by atoms with Crippen LogP contribution in [-0.4, -0.2) is 33.8 Å². The van der Waals surface area contributed by atoms with Crippen molar-refractivity contribution in [1.82, 2.24) is 9.88 Å². The lowest BCUT2D eigenvalue weighted by molar-refractivity contribution is 0.0699. The molecule has 0 radical (unpaired) electrons. The highest BCUT2D eigenvalue weighted by atomic mass is 16.4. The van der Waals surface area contributed by atoms with Crippen molar-refractivity contribution in [3.8, 4) is 5.75 Å². The molecule has 0 atom stereocenters. The van der Waals surface area contributed by atoms with Crippen LogP contribution >= 0.6 is 0 Å². The summed E-state index contributed by atoms with van der Waals surface area (Å²) in [6.45, 7) is 4.26. The molecule has 2 aromatic carbocycles. The third kappa shape index (κ3) is 3.34. The fourth-order valence-corrected chi connectivity index (χ4v) is 3.64. The lowest BCUT2D eigenvalue weighted by Gasteiger charge is -2.16. The van der Waals surface area contributed by atoms with Gasteiger partial charge >= 0.3 is 5.97 Å². The Morgan fingerprint density at radius 1 is 1.22 bits per heavy atom. The maximum atomic E-state index is 11.7. The Kier molecular flexibility index (Phi) is 4.46. The topological polar surface area (TPSA) is 74.5 Å². The second-order valence-corrected chi connectivity index (χ2v) is 7.03. The number of phenols is 1. The molecule has 1 aliphatic heterocycles. The zero-order chi connectivity index (χ0) is 19.0. The van der Waals surface area contributed by atoms with Crippen molar-refractivity contribution in [1.29, 1.82) is 0 Å². The number of hydrogen-bond donors (Lipinski definition) is 3. The maximum Gasteiger partial charge on any atom is 0.337 e. The van der Waals surface area contributed by atoms with Gasteiger partial charge in [0, 0.05) is 30.2 Å². The van der Waals surface area contributed by atoms with Crippen molar-refractivity contribution >= 4 is 22.4 Å². The molecule has 5 nitrogen and oxygen atoms in total. The van der Waals surface area contributed by atoms with Gasteiger partial charge in [-0.3, -0.25) is 0 Å². The minimum absolute atomic E-state index is 0.131. The molecule has 3 N–H and O–H groups in total. The average molecular weight is 362 g/mol. The lowest BCUT2D eigenvalue weighted by atomic mass is 9.97. The van der Waals surface area contributed by atoms with Crippen molar-refractivity contribution in [3.63, 3.8) is 0 Å². The summed E-state index contributed by atoms with van der Waals surface area (Å²) >= 11 is 0. The van der Waals surface area contributed by atoms with Crippen LogP contribution in [0.15, 0.2) is 48.7 Å². The molecule has 5 heteroatoms. The number of benzene rings is 2. The van der Waals surface area contributed by atoms with Crippen molar-refractivity contribution in [2.75, 3.05) is 13.1 Å². The van der Waals surface area contributed by atoms with Gasteiger partial charge in [-0.05, 0) is 43.2 Å². The number of nitrogens with one attached hydrogen (secondary N) is 1. The smallest absolute Gasteiger partial charge is 0.337 e. The number of carboxylic acid groups (broad SMARTS) is 1. The highest BCUT2D eigenvalue weighted by Crippen LogP contribution is 2.35. The van der Waals surface area contributed by atoms with Gasteiger partial charge in [-0.15, -0.1) is 0 Å². The molecule has 1 aromatic heterocycles. The predicted molar refractivity (Wildman–Crippen MR) is 106 cm³/mol. The van der Waals surface area contributed by atoms with E-state index < -0.39 is 5.97 Å². The minimum atomic E-state index is -0.990. The Morgan fingerprint density at radius 3 is 2.67 bits per heavy atom. The van der Waals surface area contributed by atoms with E-state index in [9.17, 15) is 15.0 Å². The van der Waals surface area contributed by atoms with Crippen LogP contribution < -0.4 is 5.32 Å². The van der Waals surface area contributed by atoms with Gasteiger partial charge in [0.1, 0.15) is 5.75 Å². The Labute approximate surface area is 157 Å². The van der Waals surface area contributed by atoms with Gasteiger partial charge in [0.15, 0.2) is 0 Å². The molecule has 0 saturated carbocycles. The largest absolute Gasteiger partial charge is 0.507 e. The van der Waals surface area contributed by atoms with Gasteiger partial charge in [-0.25, -0.2) is 4.79 Å². The Morgan fingerprint density at radius 2 is 2.00 bits per heavy atom. The standard InChI is InChI=1S/C22H22N2O3/c1-14-2-4-15(5-3-14)12-24-13-19(22(26)27)18-11-21(25)17(10-20(18)24)16-6-8-23-9-7-16/h2-6,10-11,13,23,25H,7-9,12H2,1H3,(H,26,27). The SMILES string of the molecule is Cc1ccc(Cn2cc(C(=O)O)c3cc(O)c(C4=CCNCC4)cc32)cc1. The number of aryl methyl sites for hydroxylation is 1. The highest BCUT2D eigenvalue weighted by Gasteiger charge is 2.19. The van der Waals surface area contributed by atoms with E-state index in [0.717, 1.165) is 41.7 Å². The number of rotatable bonds is 4. The summed E-state index contributed by atoms with van der Waals surface area (Å²) in [5.41, 5.74) is 5.19. The normalized spacial score (nSPS) is 14.3. The molecule has 0 aliphatic carbocycles. The number of carboxylic acids is 1. The molecule has 3 aromatic rings. The summed E-state index contributed by atoms with van der Waals surface area (Å²) in [4.78, 5) is 11.7. The first kappa shape index (κ1) is 17.4. The molecular weight excluding hydrogens is 340 g/mol.